The molecule has 2 heterocycles. The Morgan fingerprint density at radius 3 is 2.92 bits per heavy atom. The molecule has 7 heteroatoms. The molecule has 1 saturated heterocycles. The van der Waals surface area contributed by atoms with E-state index >= 15 is 0 Å². The fraction of sp³-hybridized carbons (Fsp3) is 0.471. The van der Waals surface area contributed by atoms with Crippen LogP contribution < -0.4 is 5.32 Å². The summed E-state index contributed by atoms with van der Waals surface area (Å²) in [4.78, 5) is 14.4. The average molecular weight is 329 g/mol. The summed E-state index contributed by atoms with van der Waals surface area (Å²) in [5.41, 5.74) is 1.10. The van der Waals surface area contributed by atoms with Crippen LogP contribution >= 0.6 is 0 Å². The Hall–Kier alpha value is -2.25. The topological polar surface area (TPSA) is 72.3 Å². The van der Waals surface area contributed by atoms with E-state index in [1.807, 2.05) is 48.9 Å². The molecule has 0 bridgehead atoms. The Morgan fingerprint density at radius 1 is 1.42 bits per heavy atom. The smallest absolute Gasteiger partial charge is 0.234 e. The van der Waals surface area contributed by atoms with E-state index in [1.165, 1.54) is 0 Å². The second kappa shape index (κ2) is 7.55. The molecule has 1 aliphatic heterocycles. The quantitative estimate of drug-likeness (QED) is 0.888. The van der Waals surface area contributed by atoms with Gasteiger partial charge < -0.3 is 14.6 Å². The Balaban J connectivity index is 1.53. The highest BCUT2D eigenvalue weighted by Crippen LogP contribution is 2.19. The van der Waals surface area contributed by atoms with Gasteiger partial charge in [-0.2, -0.15) is 0 Å². The van der Waals surface area contributed by atoms with Crippen molar-refractivity contribution in [2.24, 2.45) is 7.05 Å². The summed E-state index contributed by atoms with van der Waals surface area (Å²) < 4.78 is 7.62. The van der Waals surface area contributed by atoms with Crippen molar-refractivity contribution >= 4 is 5.91 Å². The molecule has 1 aromatic carbocycles. The van der Waals surface area contributed by atoms with Gasteiger partial charge in [-0.15, -0.1) is 10.2 Å². The molecule has 7 nitrogen and oxygen atoms in total. The van der Waals surface area contributed by atoms with Crippen molar-refractivity contribution in [2.45, 2.75) is 19.1 Å². The lowest BCUT2D eigenvalue weighted by Gasteiger charge is -2.32. The van der Waals surface area contributed by atoms with Crippen LogP contribution in [0.3, 0.4) is 0 Å². The zero-order valence-electron chi connectivity index (χ0n) is 14.1. The van der Waals surface area contributed by atoms with Crippen molar-refractivity contribution < 1.29 is 9.53 Å². The van der Waals surface area contributed by atoms with Gasteiger partial charge in [0.25, 0.3) is 0 Å². The van der Waals surface area contributed by atoms with E-state index in [0.717, 1.165) is 17.9 Å². The van der Waals surface area contributed by atoms with Crippen LogP contribution in [0.2, 0.25) is 0 Å². The van der Waals surface area contributed by atoms with Crippen LogP contribution in [0.4, 0.5) is 0 Å². The van der Waals surface area contributed by atoms with Gasteiger partial charge in [-0.25, -0.2) is 0 Å². The maximum Gasteiger partial charge on any atom is 0.234 e. The lowest BCUT2D eigenvalue weighted by molar-refractivity contribution is -0.125. The van der Waals surface area contributed by atoms with Crippen LogP contribution in [0.25, 0.3) is 0 Å². The second-order valence-electron chi connectivity index (χ2n) is 6.09. The Bertz CT molecular complexity index is 673. The molecule has 2 aromatic rings. The fourth-order valence-corrected chi connectivity index (χ4v) is 2.90. The number of benzene rings is 1. The van der Waals surface area contributed by atoms with Crippen LogP contribution in [-0.2, 0) is 16.6 Å². The third-order valence-electron chi connectivity index (χ3n) is 4.23. The van der Waals surface area contributed by atoms with Crippen molar-refractivity contribution in [3.63, 3.8) is 0 Å². The molecule has 0 radical (unpaired) electrons. The molecule has 0 aliphatic carbocycles. The number of morpholine rings is 1. The maximum atomic E-state index is 12.3. The summed E-state index contributed by atoms with van der Waals surface area (Å²) >= 11 is 0. The third kappa shape index (κ3) is 3.98. The lowest BCUT2D eigenvalue weighted by atomic mass is 10.1. The van der Waals surface area contributed by atoms with E-state index in [0.29, 0.717) is 19.7 Å². The molecular weight excluding hydrogens is 306 g/mol. The predicted molar refractivity (Wildman–Crippen MR) is 89.1 cm³/mol. The average Bonchev–Trinajstić information content (AvgIpc) is 3.02. The van der Waals surface area contributed by atoms with E-state index in [9.17, 15) is 4.79 Å². The summed E-state index contributed by atoms with van der Waals surface area (Å²) in [6, 6.07) is 9.96. The Kier molecular flexibility index (Phi) is 5.22. The van der Waals surface area contributed by atoms with E-state index in [2.05, 4.69) is 20.4 Å². The molecule has 0 spiro atoms. The highest BCUT2D eigenvalue weighted by atomic mass is 16.5. The highest BCUT2D eigenvalue weighted by molar-refractivity contribution is 5.78. The number of nitrogens with zero attached hydrogens (tertiary/aromatic N) is 4. The van der Waals surface area contributed by atoms with E-state index < -0.39 is 0 Å². The fourth-order valence-electron chi connectivity index (χ4n) is 2.90. The van der Waals surface area contributed by atoms with Gasteiger partial charge in [0.15, 0.2) is 5.82 Å². The van der Waals surface area contributed by atoms with E-state index in [-0.39, 0.29) is 18.1 Å². The summed E-state index contributed by atoms with van der Waals surface area (Å²) in [7, 11) is 1.89. The molecule has 1 aromatic heterocycles. The van der Waals surface area contributed by atoms with E-state index in [1.54, 1.807) is 6.33 Å². The van der Waals surface area contributed by atoms with Crippen LogP contribution in [0.15, 0.2) is 36.7 Å². The molecule has 0 unspecified atom stereocenters. The molecule has 1 N–H and O–H groups in total. The molecule has 0 saturated carbocycles. The van der Waals surface area contributed by atoms with Crippen LogP contribution in [0, 0.1) is 0 Å². The number of ether oxygens (including phenoxy) is 1. The minimum Gasteiger partial charge on any atom is -0.368 e. The van der Waals surface area contributed by atoms with Crippen LogP contribution in [-0.4, -0.2) is 51.8 Å². The number of amides is 1. The van der Waals surface area contributed by atoms with Gasteiger partial charge in [-0.1, -0.05) is 30.3 Å². The SMILES string of the molecule is C[C@@H](NC(=O)CN1CCO[C@H](c2nncn2C)C1)c1ccccc1. The summed E-state index contributed by atoms with van der Waals surface area (Å²) in [5, 5.41) is 11.0. The number of carbonyl (C=O) groups excluding carboxylic acids is 1. The number of aryl methyl sites for hydroxylation is 1. The second-order valence-corrected chi connectivity index (χ2v) is 6.09. The molecule has 2 atom stereocenters. The minimum absolute atomic E-state index is 0.00530. The number of rotatable bonds is 5. The van der Waals surface area contributed by atoms with Crippen molar-refractivity contribution in [1.82, 2.24) is 25.0 Å². The highest BCUT2D eigenvalue weighted by Gasteiger charge is 2.26. The standard InChI is InChI=1S/C17H23N5O2/c1-13(14-6-4-3-5-7-14)19-16(23)11-22-8-9-24-15(10-22)17-20-18-12-21(17)2/h3-7,12-13,15H,8-11H2,1-2H3,(H,19,23)/t13-,15+/m1/s1. The summed E-state index contributed by atoms with van der Waals surface area (Å²) in [6.07, 6.45) is 1.51. The minimum atomic E-state index is -0.148. The van der Waals surface area contributed by atoms with Gasteiger partial charge in [0.2, 0.25) is 5.91 Å². The number of nitrogens with one attached hydrogen (secondary N) is 1. The number of hydrogen-bond acceptors (Lipinski definition) is 5. The van der Waals surface area contributed by atoms with Gasteiger partial charge >= 0.3 is 0 Å². The van der Waals surface area contributed by atoms with Crippen molar-refractivity contribution in [3.05, 3.63) is 48.0 Å². The normalized spacial score (nSPS) is 19.8. The molecule has 1 amide bonds. The van der Waals surface area contributed by atoms with Gasteiger partial charge in [-0.3, -0.25) is 9.69 Å². The largest absolute Gasteiger partial charge is 0.368 e. The van der Waals surface area contributed by atoms with Crippen molar-refractivity contribution in [1.29, 1.82) is 0 Å². The first kappa shape index (κ1) is 16.6. The zero-order chi connectivity index (χ0) is 16.9. The lowest BCUT2D eigenvalue weighted by Crippen LogP contribution is -2.45. The van der Waals surface area contributed by atoms with Gasteiger partial charge in [0, 0.05) is 20.1 Å². The molecule has 128 valence electrons. The number of hydrogen-bond donors (Lipinski definition) is 1. The van der Waals surface area contributed by atoms with Gasteiger partial charge in [-0.05, 0) is 12.5 Å². The van der Waals surface area contributed by atoms with Crippen LogP contribution in [0.5, 0.6) is 0 Å². The summed E-state index contributed by atoms with van der Waals surface area (Å²) in [6.45, 7) is 4.31. The predicted octanol–water partition coefficient (Wildman–Crippen LogP) is 1.07. The molecule has 1 aliphatic rings. The monoisotopic (exact) mass is 329 g/mol. The molecular formula is C17H23N5O2. The first-order chi connectivity index (χ1) is 11.6. The maximum absolute atomic E-state index is 12.3. The van der Waals surface area contributed by atoms with E-state index in [4.69, 9.17) is 4.74 Å². The molecule has 3 rings (SSSR count). The van der Waals surface area contributed by atoms with Gasteiger partial charge in [0.05, 0.1) is 19.2 Å². The first-order valence-corrected chi connectivity index (χ1v) is 8.15. The number of aromatic nitrogens is 3. The van der Waals surface area contributed by atoms with Crippen molar-refractivity contribution in [2.75, 3.05) is 26.2 Å². The molecule has 24 heavy (non-hydrogen) atoms. The molecule has 1 fully saturated rings. The third-order valence-corrected chi connectivity index (χ3v) is 4.23. The Labute approximate surface area is 141 Å². The summed E-state index contributed by atoms with van der Waals surface area (Å²) in [5.74, 6) is 0.808. The Morgan fingerprint density at radius 2 is 2.21 bits per heavy atom. The van der Waals surface area contributed by atoms with Gasteiger partial charge in [0.1, 0.15) is 12.4 Å². The first-order valence-electron chi connectivity index (χ1n) is 8.15. The number of carbonyl (C=O) groups is 1. The van der Waals surface area contributed by atoms with Crippen LogP contribution in [0.1, 0.15) is 30.5 Å². The van der Waals surface area contributed by atoms with Crippen molar-refractivity contribution in [3.8, 4) is 0 Å². The zero-order valence-corrected chi connectivity index (χ0v) is 14.1.